The summed E-state index contributed by atoms with van der Waals surface area (Å²) in [6, 6.07) is -0.919. The Morgan fingerprint density at radius 1 is 1.23 bits per heavy atom. The van der Waals surface area contributed by atoms with Crippen molar-refractivity contribution in [3.8, 4) is 0 Å². The lowest BCUT2D eigenvalue weighted by molar-refractivity contribution is -0.130. The molecule has 10 heteroatoms. The van der Waals surface area contributed by atoms with Crippen LogP contribution in [0.15, 0.2) is 36.1 Å². The molecule has 0 saturated carbocycles. The molecule has 4 amide bonds. The molecule has 0 saturated heterocycles. The Hall–Kier alpha value is -3.43. The number of hydrogen-bond acceptors (Lipinski definition) is 7. The van der Waals surface area contributed by atoms with Crippen LogP contribution in [-0.2, 0) is 23.9 Å². The van der Waals surface area contributed by atoms with Crippen LogP contribution in [0, 0.1) is 5.41 Å². The molecule has 0 spiro atoms. The monoisotopic (exact) mass is 436 g/mol. The summed E-state index contributed by atoms with van der Waals surface area (Å²) in [5, 5.41) is 14.0. The van der Waals surface area contributed by atoms with Crippen molar-refractivity contribution >= 4 is 30.5 Å². The Bertz CT molecular complexity index is 722. The summed E-state index contributed by atoms with van der Waals surface area (Å²) in [5.41, 5.74) is -0.678. The zero-order valence-electron chi connectivity index (χ0n) is 18.4. The molecule has 0 aliphatic rings. The van der Waals surface area contributed by atoms with Crippen LogP contribution >= 0.6 is 0 Å². The van der Waals surface area contributed by atoms with Crippen molar-refractivity contribution in [3.05, 3.63) is 36.1 Å². The molecule has 172 valence electrons. The van der Waals surface area contributed by atoms with Gasteiger partial charge < -0.3 is 25.5 Å². The number of allylic oxidation sites excluding steroid dienone is 3. The van der Waals surface area contributed by atoms with Crippen molar-refractivity contribution in [1.29, 1.82) is 5.41 Å². The zero-order chi connectivity index (χ0) is 23.9. The van der Waals surface area contributed by atoms with Gasteiger partial charge in [-0.2, -0.15) is 0 Å². The number of alkyl carbamates (subject to hydrolysis) is 1. The van der Waals surface area contributed by atoms with Crippen molar-refractivity contribution in [2.75, 3.05) is 13.2 Å². The highest BCUT2D eigenvalue weighted by atomic mass is 16.6. The first-order valence-electron chi connectivity index (χ1n) is 9.75. The Balaban J connectivity index is 5.06. The molecular weight excluding hydrogens is 404 g/mol. The topological polar surface area (TPSA) is 147 Å². The van der Waals surface area contributed by atoms with Crippen molar-refractivity contribution in [2.45, 2.75) is 52.2 Å². The second kappa shape index (κ2) is 14.5. The van der Waals surface area contributed by atoms with E-state index in [0.717, 1.165) is 0 Å². The molecule has 4 N–H and O–H groups in total. The molecule has 0 aliphatic heterocycles. The molecule has 0 aromatic heterocycles. The number of nitrogens with one attached hydrogen (secondary N) is 4. The molecule has 1 atom stereocenters. The number of rotatable bonds is 13. The molecule has 0 bridgehead atoms. The summed E-state index contributed by atoms with van der Waals surface area (Å²) < 4.78 is 10.7. The van der Waals surface area contributed by atoms with Gasteiger partial charge in [0, 0.05) is 6.42 Å². The maximum absolute atomic E-state index is 12.5. The lowest BCUT2D eigenvalue weighted by Gasteiger charge is -2.20. The number of hydrogen-bond donors (Lipinski definition) is 4. The van der Waals surface area contributed by atoms with Crippen molar-refractivity contribution in [2.24, 2.45) is 0 Å². The standard InChI is InChI=1S/C21H32N4O6/c1-6-16(19(28)24-14-26)25-18(27)15(2)17(10-8-7-9-11-22)30-13-12-23-20(29)31-21(3,4)5/h7-8,10-11,14,16,22H,2,6,9,12-13H2,1,3-5H3,(H,23,29)(H,25,27)(H,24,26,28)/b8-7-,17-10+,22-11?. The summed E-state index contributed by atoms with van der Waals surface area (Å²) >= 11 is 0. The van der Waals surface area contributed by atoms with E-state index in [0.29, 0.717) is 6.42 Å². The highest BCUT2D eigenvalue weighted by molar-refractivity contribution is 6.00. The minimum atomic E-state index is -0.919. The maximum atomic E-state index is 12.5. The SMILES string of the molecule is C=C(C(=O)NC(CC)C(=O)NC=O)/C(=C\C=C/CC=N)OCCNC(=O)OC(C)(C)C. The van der Waals surface area contributed by atoms with Crippen LogP contribution < -0.4 is 16.0 Å². The minimum Gasteiger partial charge on any atom is -0.491 e. The van der Waals surface area contributed by atoms with E-state index in [-0.39, 0.29) is 37.3 Å². The van der Waals surface area contributed by atoms with E-state index < -0.39 is 29.6 Å². The lowest BCUT2D eigenvalue weighted by Crippen LogP contribution is -2.46. The fourth-order valence-electron chi connectivity index (χ4n) is 2.04. The van der Waals surface area contributed by atoms with Crippen LogP contribution in [0.4, 0.5) is 4.79 Å². The van der Waals surface area contributed by atoms with Crippen molar-refractivity contribution in [3.63, 3.8) is 0 Å². The van der Waals surface area contributed by atoms with Gasteiger partial charge in [-0.05, 0) is 39.5 Å². The van der Waals surface area contributed by atoms with E-state index >= 15 is 0 Å². The summed E-state index contributed by atoms with van der Waals surface area (Å²) in [5.74, 6) is -1.17. The molecular formula is C21H32N4O6. The van der Waals surface area contributed by atoms with Crippen molar-refractivity contribution < 1.29 is 28.7 Å². The van der Waals surface area contributed by atoms with Crippen LogP contribution in [0.5, 0.6) is 0 Å². The first-order chi connectivity index (χ1) is 14.6. The highest BCUT2D eigenvalue weighted by Crippen LogP contribution is 2.12. The van der Waals surface area contributed by atoms with Crippen LogP contribution in [0.3, 0.4) is 0 Å². The largest absolute Gasteiger partial charge is 0.491 e. The molecule has 10 nitrogen and oxygen atoms in total. The summed E-state index contributed by atoms with van der Waals surface area (Å²) in [4.78, 5) is 46.4. The van der Waals surface area contributed by atoms with E-state index in [1.54, 1.807) is 39.8 Å². The predicted molar refractivity (Wildman–Crippen MR) is 116 cm³/mol. The number of carbonyl (C=O) groups is 4. The van der Waals surface area contributed by atoms with Crippen LogP contribution in [-0.4, -0.2) is 55.3 Å². The number of imide groups is 1. The fourth-order valence-corrected chi connectivity index (χ4v) is 2.04. The van der Waals surface area contributed by atoms with E-state index in [1.165, 1.54) is 12.3 Å². The quantitative estimate of drug-likeness (QED) is 0.0863. The third-order valence-electron chi connectivity index (χ3n) is 3.47. The van der Waals surface area contributed by atoms with Crippen LogP contribution in [0.25, 0.3) is 0 Å². The predicted octanol–water partition coefficient (Wildman–Crippen LogP) is 1.73. The molecule has 0 heterocycles. The van der Waals surface area contributed by atoms with Crippen LogP contribution in [0.2, 0.25) is 0 Å². The molecule has 1 unspecified atom stereocenters. The Morgan fingerprint density at radius 3 is 2.45 bits per heavy atom. The van der Waals surface area contributed by atoms with Gasteiger partial charge in [0.1, 0.15) is 24.0 Å². The van der Waals surface area contributed by atoms with Gasteiger partial charge in [-0.1, -0.05) is 25.7 Å². The number of amides is 4. The summed E-state index contributed by atoms with van der Waals surface area (Å²) in [6.07, 6.45) is 6.26. The van der Waals surface area contributed by atoms with Gasteiger partial charge in [-0.15, -0.1) is 0 Å². The molecule has 0 aromatic carbocycles. The Morgan fingerprint density at radius 2 is 1.90 bits per heavy atom. The third-order valence-corrected chi connectivity index (χ3v) is 3.47. The number of ether oxygens (including phenoxy) is 2. The molecule has 0 rings (SSSR count). The van der Waals surface area contributed by atoms with E-state index in [4.69, 9.17) is 14.9 Å². The summed E-state index contributed by atoms with van der Waals surface area (Å²) in [7, 11) is 0. The minimum absolute atomic E-state index is 0.0264. The highest BCUT2D eigenvalue weighted by Gasteiger charge is 2.22. The average molecular weight is 437 g/mol. The van der Waals surface area contributed by atoms with Crippen molar-refractivity contribution in [1.82, 2.24) is 16.0 Å². The second-order valence-electron chi connectivity index (χ2n) is 7.22. The molecule has 0 aromatic rings. The van der Waals surface area contributed by atoms with Gasteiger partial charge >= 0.3 is 6.09 Å². The molecule has 31 heavy (non-hydrogen) atoms. The molecule has 0 radical (unpaired) electrons. The normalized spacial score (nSPS) is 12.5. The van der Waals surface area contributed by atoms with Gasteiger partial charge in [0.05, 0.1) is 12.1 Å². The zero-order valence-corrected chi connectivity index (χ0v) is 18.4. The molecule has 0 aliphatic carbocycles. The molecule has 0 fully saturated rings. The van der Waals surface area contributed by atoms with E-state index in [9.17, 15) is 19.2 Å². The van der Waals surface area contributed by atoms with E-state index in [2.05, 4.69) is 17.2 Å². The number of carbonyl (C=O) groups excluding carboxylic acids is 4. The second-order valence-corrected chi connectivity index (χ2v) is 7.22. The fraction of sp³-hybridized carbons (Fsp3) is 0.476. The summed E-state index contributed by atoms with van der Waals surface area (Å²) in [6.45, 7) is 10.8. The first kappa shape index (κ1) is 27.6. The van der Waals surface area contributed by atoms with Gasteiger partial charge in [0.15, 0.2) is 0 Å². The van der Waals surface area contributed by atoms with Gasteiger partial charge in [-0.25, -0.2) is 4.79 Å². The maximum Gasteiger partial charge on any atom is 0.407 e. The Labute approximate surface area is 182 Å². The lowest BCUT2D eigenvalue weighted by atomic mass is 10.1. The smallest absolute Gasteiger partial charge is 0.407 e. The Kier molecular flexibility index (Phi) is 12.9. The first-order valence-corrected chi connectivity index (χ1v) is 9.75. The average Bonchev–Trinajstić information content (AvgIpc) is 2.68. The van der Waals surface area contributed by atoms with Gasteiger partial charge in [0.25, 0.3) is 5.91 Å². The van der Waals surface area contributed by atoms with E-state index in [1.807, 2.05) is 5.32 Å². The van der Waals surface area contributed by atoms with Crippen LogP contribution in [0.1, 0.15) is 40.5 Å². The third kappa shape index (κ3) is 12.7. The van der Waals surface area contributed by atoms with Gasteiger partial charge in [-0.3, -0.25) is 19.7 Å². The van der Waals surface area contributed by atoms with Gasteiger partial charge in [0.2, 0.25) is 12.3 Å².